The van der Waals surface area contributed by atoms with E-state index in [1.807, 2.05) is 31.2 Å². The average Bonchev–Trinajstić information content (AvgIpc) is 2.56. The lowest BCUT2D eigenvalue weighted by molar-refractivity contribution is -0.130. The Hall–Kier alpha value is -2.53. The van der Waals surface area contributed by atoms with E-state index in [0.29, 0.717) is 16.5 Å². The van der Waals surface area contributed by atoms with Crippen LogP contribution in [0.1, 0.15) is 24.9 Å². The molecule has 2 amide bonds. The molecule has 1 aliphatic heterocycles. The van der Waals surface area contributed by atoms with Gasteiger partial charge in [-0.05, 0) is 36.8 Å². The Balaban J connectivity index is 1.61. The van der Waals surface area contributed by atoms with Crippen molar-refractivity contribution in [1.29, 1.82) is 0 Å². The molecule has 2 aromatic rings. The SMILES string of the molecule is C[C@@H](NC(=O)C[C@@H]1Oc2ccccc2NC1=O)c1ccc(Cl)cc1. The van der Waals surface area contributed by atoms with Crippen LogP contribution in [0.25, 0.3) is 0 Å². The molecular weight excluding hydrogens is 328 g/mol. The molecule has 0 bridgehead atoms. The molecule has 1 heterocycles. The number of fused-ring (bicyclic) bond motifs is 1. The maximum atomic E-state index is 12.2. The minimum Gasteiger partial charge on any atom is -0.478 e. The molecule has 0 unspecified atom stereocenters. The van der Waals surface area contributed by atoms with Gasteiger partial charge in [-0.25, -0.2) is 0 Å². The monoisotopic (exact) mass is 344 g/mol. The summed E-state index contributed by atoms with van der Waals surface area (Å²) < 4.78 is 5.63. The van der Waals surface area contributed by atoms with Gasteiger partial charge in [0.15, 0.2) is 6.10 Å². The number of hydrogen-bond donors (Lipinski definition) is 2. The van der Waals surface area contributed by atoms with E-state index in [1.54, 1.807) is 24.3 Å². The van der Waals surface area contributed by atoms with Crippen LogP contribution in [0.4, 0.5) is 5.69 Å². The third-order valence-corrected chi connectivity index (χ3v) is 4.08. The van der Waals surface area contributed by atoms with E-state index >= 15 is 0 Å². The van der Waals surface area contributed by atoms with Gasteiger partial charge in [-0.1, -0.05) is 35.9 Å². The molecule has 0 aliphatic carbocycles. The number of para-hydroxylation sites is 2. The number of hydrogen-bond acceptors (Lipinski definition) is 3. The van der Waals surface area contributed by atoms with Crippen molar-refractivity contribution >= 4 is 29.1 Å². The van der Waals surface area contributed by atoms with Crippen LogP contribution in [0, 0.1) is 0 Å². The van der Waals surface area contributed by atoms with Crippen molar-refractivity contribution in [2.75, 3.05) is 5.32 Å². The van der Waals surface area contributed by atoms with Gasteiger partial charge >= 0.3 is 0 Å². The highest BCUT2D eigenvalue weighted by atomic mass is 35.5. The summed E-state index contributed by atoms with van der Waals surface area (Å²) in [5.41, 5.74) is 1.56. The predicted octanol–water partition coefficient (Wildman–Crippen LogP) is 3.31. The molecular formula is C18H17ClN2O3. The molecule has 2 atom stereocenters. The highest BCUT2D eigenvalue weighted by molar-refractivity contribution is 6.30. The van der Waals surface area contributed by atoms with Gasteiger partial charge in [0.25, 0.3) is 5.91 Å². The summed E-state index contributed by atoms with van der Waals surface area (Å²) in [6.45, 7) is 1.87. The summed E-state index contributed by atoms with van der Waals surface area (Å²) in [6.07, 6.45) is -0.879. The van der Waals surface area contributed by atoms with Gasteiger partial charge in [-0.3, -0.25) is 9.59 Å². The summed E-state index contributed by atoms with van der Waals surface area (Å²) in [4.78, 5) is 24.3. The van der Waals surface area contributed by atoms with Crippen molar-refractivity contribution in [3.05, 3.63) is 59.1 Å². The smallest absolute Gasteiger partial charge is 0.266 e. The largest absolute Gasteiger partial charge is 0.478 e. The third-order valence-electron chi connectivity index (χ3n) is 3.82. The van der Waals surface area contributed by atoms with Crippen molar-refractivity contribution in [3.8, 4) is 5.75 Å². The fourth-order valence-corrected chi connectivity index (χ4v) is 2.66. The maximum Gasteiger partial charge on any atom is 0.266 e. The molecule has 24 heavy (non-hydrogen) atoms. The maximum absolute atomic E-state index is 12.2. The van der Waals surface area contributed by atoms with Crippen molar-refractivity contribution in [1.82, 2.24) is 5.32 Å². The second-order valence-electron chi connectivity index (χ2n) is 5.64. The summed E-state index contributed by atoms with van der Waals surface area (Å²) in [7, 11) is 0. The first kappa shape index (κ1) is 16.3. The molecule has 0 aromatic heterocycles. The fraction of sp³-hybridized carbons (Fsp3) is 0.222. The summed E-state index contributed by atoms with van der Waals surface area (Å²) in [5.74, 6) is 0.000580. The third kappa shape index (κ3) is 3.68. The van der Waals surface area contributed by atoms with E-state index in [4.69, 9.17) is 16.3 Å². The lowest BCUT2D eigenvalue weighted by Crippen LogP contribution is -2.41. The predicted molar refractivity (Wildman–Crippen MR) is 92.1 cm³/mol. The van der Waals surface area contributed by atoms with Crippen LogP contribution in [-0.4, -0.2) is 17.9 Å². The zero-order valence-electron chi connectivity index (χ0n) is 13.1. The van der Waals surface area contributed by atoms with E-state index in [2.05, 4.69) is 10.6 Å². The molecule has 2 N–H and O–H groups in total. The molecule has 0 fully saturated rings. The van der Waals surface area contributed by atoms with E-state index in [-0.39, 0.29) is 24.3 Å². The van der Waals surface area contributed by atoms with Gasteiger partial charge in [0.1, 0.15) is 5.75 Å². The molecule has 0 saturated carbocycles. The van der Waals surface area contributed by atoms with Crippen molar-refractivity contribution < 1.29 is 14.3 Å². The Morgan fingerprint density at radius 2 is 1.96 bits per heavy atom. The van der Waals surface area contributed by atoms with Gasteiger partial charge in [0.2, 0.25) is 5.91 Å². The van der Waals surface area contributed by atoms with Gasteiger partial charge in [-0.15, -0.1) is 0 Å². The van der Waals surface area contributed by atoms with E-state index in [0.717, 1.165) is 5.56 Å². The number of halogens is 1. The van der Waals surface area contributed by atoms with Gasteiger partial charge in [0.05, 0.1) is 18.2 Å². The zero-order valence-corrected chi connectivity index (χ0v) is 13.8. The molecule has 2 aromatic carbocycles. The average molecular weight is 345 g/mol. The van der Waals surface area contributed by atoms with Crippen LogP contribution in [0.15, 0.2) is 48.5 Å². The van der Waals surface area contributed by atoms with Gasteiger partial charge in [-0.2, -0.15) is 0 Å². The van der Waals surface area contributed by atoms with E-state index in [1.165, 1.54) is 0 Å². The summed E-state index contributed by atoms with van der Waals surface area (Å²) >= 11 is 5.86. The normalized spacial score (nSPS) is 17.2. The summed E-state index contributed by atoms with van der Waals surface area (Å²) in [5, 5.41) is 6.26. The Morgan fingerprint density at radius 1 is 1.25 bits per heavy atom. The van der Waals surface area contributed by atoms with Crippen LogP contribution < -0.4 is 15.4 Å². The topological polar surface area (TPSA) is 67.4 Å². The first-order valence-corrected chi connectivity index (χ1v) is 8.02. The Labute approximate surface area is 145 Å². The van der Waals surface area contributed by atoms with Crippen molar-refractivity contribution in [3.63, 3.8) is 0 Å². The Kier molecular flexibility index (Phi) is 4.71. The molecule has 0 spiro atoms. The van der Waals surface area contributed by atoms with Gasteiger partial charge < -0.3 is 15.4 Å². The molecule has 3 rings (SSSR count). The molecule has 6 heteroatoms. The Bertz CT molecular complexity index is 761. The minimum atomic E-state index is -0.836. The number of nitrogens with one attached hydrogen (secondary N) is 2. The lowest BCUT2D eigenvalue weighted by Gasteiger charge is -2.25. The number of anilines is 1. The van der Waals surface area contributed by atoms with E-state index in [9.17, 15) is 9.59 Å². The zero-order chi connectivity index (χ0) is 17.1. The number of ether oxygens (including phenoxy) is 1. The first-order valence-electron chi connectivity index (χ1n) is 7.64. The summed E-state index contributed by atoms with van der Waals surface area (Å²) in [6, 6.07) is 14.2. The molecule has 5 nitrogen and oxygen atoms in total. The van der Waals surface area contributed by atoms with Crippen molar-refractivity contribution in [2.24, 2.45) is 0 Å². The van der Waals surface area contributed by atoms with Crippen LogP contribution >= 0.6 is 11.6 Å². The second kappa shape index (κ2) is 6.93. The lowest BCUT2D eigenvalue weighted by atomic mass is 10.1. The van der Waals surface area contributed by atoms with E-state index < -0.39 is 6.10 Å². The quantitative estimate of drug-likeness (QED) is 0.894. The number of rotatable bonds is 4. The van der Waals surface area contributed by atoms with Gasteiger partial charge in [0, 0.05) is 5.02 Å². The van der Waals surface area contributed by atoms with Crippen LogP contribution in [0.2, 0.25) is 5.02 Å². The second-order valence-corrected chi connectivity index (χ2v) is 6.07. The number of benzene rings is 2. The molecule has 0 radical (unpaired) electrons. The van der Waals surface area contributed by atoms with Crippen LogP contribution in [-0.2, 0) is 9.59 Å². The number of carbonyl (C=O) groups is 2. The van der Waals surface area contributed by atoms with Crippen LogP contribution in [0.3, 0.4) is 0 Å². The molecule has 1 aliphatic rings. The number of amides is 2. The fourth-order valence-electron chi connectivity index (χ4n) is 2.53. The Morgan fingerprint density at radius 3 is 2.71 bits per heavy atom. The highest BCUT2D eigenvalue weighted by Gasteiger charge is 2.29. The van der Waals surface area contributed by atoms with Crippen molar-refractivity contribution in [2.45, 2.75) is 25.5 Å². The highest BCUT2D eigenvalue weighted by Crippen LogP contribution is 2.29. The minimum absolute atomic E-state index is 0.0436. The first-order chi connectivity index (χ1) is 11.5. The number of carbonyl (C=O) groups excluding carboxylic acids is 2. The molecule has 0 saturated heterocycles. The standard InChI is InChI=1S/C18H17ClN2O3/c1-11(12-6-8-13(19)9-7-12)20-17(22)10-16-18(23)21-14-4-2-3-5-15(14)24-16/h2-9,11,16H,10H2,1H3,(H,20,22)(H,21,23)/t11-,16+/m1/s1. The van der Waals surface area contributed by atoms with Crippen LogP contribution in [0.5, 0.6) is 5.75 Å². The molecule has 124 valence electrons.